The molecule has 0 unspecified atom stereocenters. The molecule has 0 saturated carbocycles. The second-order valence-corrected chi connectivity index (χ2v) is 5.58. The first-order chi connectivity index (χ1) is 7.39. The summed E-state index contributed by atoms with van der Waals surface area (Å²) >= 11 is 3.38. The molecule has 0 radical (unpaired) electrons. The molecule has 1 aliphatic heterocycles. The molecule has 1 aromatic rings. The van der Waals surface area contributed by atoms with Crippen LogP contribution in [0.1, 0.15) is 24.2 Å². The largest absolute Gasteiger partial charge is 0.485 e. The van der Waals surface area contributed by atoms with Gasteiger partial charge < -0.3 is 9.64 Å². The van der Waals surface area contributed by atoms with Gasteiger partial charge in [-0.2, -0.15) is 0 Å². The van der Waals surface area contributed by atoms with Gasteiger partial charge in [0.2, 0.25) is 0 Å². The van der Waals surface area contributed by atoms with E-state index in [0.717, 1.165) is 4.47 Å². The highest BCUT2D eigenvalue weighted by Crippen LogP contribution is 2.31. The topological polar surface area (TPSA) is 29.5 Å². The number of carbonyl (C=O) groups excluding carboxylic acids is 1. The molecule has 0 aliphatic carbocycles. The van der Waals surface area contributed by atoms with Gasteiger partial charge in [-0.1, -0.05) is 15.9 Å². The van der Waals surface area contributed by atoms with E-state index in [1.807, 2.05) is 26.0 Å². The van der Waals surface area contributed by atoms with Crippen molar-refractivity contribution in [2.24, 2.45) is 0 Å². The van der Waals surface area contributed by atoms with E-state index in [2.05, 4.69) is 15.9 Å². The number of nitrogens with zero attached hydrogens (tertiary/aromatic N) is 1. The smallest absolute Gasteiger partial charge is 0.257 e. The highest BCUT2D eigenvalue weighted by atomic mass is 79.9. The van der Waals surface area contributed by atoms with E-state index in [1.165, 1.54) is 0 Å². The Morgan fingerprint density at radius 1 is 1.44 bits per heavy atom. The molecule has 0 fully saturated rings. The van der Waals surface area contributed by atoms with Crippen molar-refractivity contribution >= 4 is 21.8 Å². The molecule has 86 valence electrons. The minimum Gasteiger partial charge on any atom is -0.485 e. The van der Waals surface area contributed by atoms with Crippen LogP contribution in [0.25, 0.3) is 0 Å². The summed E-state index contributed by atoms with van der Waals surface area (Å²) in [5.74, 6) is 0.654. The standard InChI is InChI=1S/C12H14BrNO2/c1-12(2)7-14(3)11(15)9-5-4-8(13)6-10(9)16-12/h4-6H,7H2,1-3H3. The zero-order valence-electron chi connectivity index (χ0n) is 9.58. The lowest BCUT2D eigenvalue weighted by molar-refractivity contribution is 0.0610. The van der Waals surface area contributed by atoms with Crippen LogP contribution in [0.15, 0.2) is 22.7 Å². The van der Waals surface area contributed by atoms with Crippen LogP contribution in [0, 0.1) is 0 Å². The van der Waals surface area contributed by atoms with Gasteiger partial charge in [0.05, 0.1) is 12.1 Å². The lowest BCUT2D eigenvalue weighted by Gasteiger charge is -2.27. The van der Waals surface area contributed by atoms with Gasteiger partial charge >= 0.3 is 0 Å². The Balaban J connectivity index is 2.54. The first kappa shape index (κ1) is 11.5. The number of rotatable bonds is 0. The van der Waals surface area contributed by atoms with E-state index in [9.17, 15) is 4.79 Å². The Morgan fingerprint density at radius 2 is 2.12 bits per heavy atom. The monoisotopic (exact) mass is 283 g/mol. The number of amides is 1. The van der Waals surface area contributed by atoms with E-state index in [1.54, 1.807) is 18.0 Å². The van der Waals surface area contributed by atoms with Crippen LogP contribution in [0.4, 0.5) is 0 Å². The molecule has 0 N–H and O–H groups in total. The Bertz CT molecular complexity index is 443. The SMILES string of the molecule is CN1CC(C)(C)Oc2cc(Br)ccc2C1=O. The average Bonchev–Trinajstić information content (AvgIpc) is 2.22. The molecule has 0 atom stereocenters. The fourth-order valence-corrected chi connectivity index (χ4v) is 2.28. The molecular formula is C12H14BrNO2. The molecule has 1 aromatic carbocycles. The number of likely N-dealkylation sites (N-methyl/N-ethyl adjacent to an activating group) is 1. The third-order valence-electron chi connectivity index (χ3n) is 2.52. The van der Waals surface area contributed by atoms with Gasteiger partial charge in [0, 0.05) is 11.5 Å². The minimum absolute atomic E-state index is 0.00748. The summed E-state index contributed by atoms with van der Waals surface area (Å²) in [4.78, 5) is 13.8. The molecule has 2 rings (SSSR count). The van der Waals surface area contributed by atoms with E-state index in [4.69, 9.17) is 4.74 Å². The molecular weight excluding hydrogens is 270 g/mol. The van der Waals surface area contributed by atoms with Crippen molar-refractivity contribution in [3.05, 3.63) is 28.2 Å². The zero-order chi connectivity index (χ0) is 11.9. The normalized spacial score (nSPS) is 18.8. The second-order valence-electron chi connectivity index (χ2n) is 4.66. The highest BCUT2D eigenvalue weighted by molar-refractivity contribution is 9.10. The minimum atomic E-state index is -0.365. The van der Waals surface area contributed by atoms with Crippen LogP contribution in [0.3, 0.4) is 0 Å². The number of hydrogen-bond acceptors (Lipinski definition) is 2. The summed E-state index contributed by atoms with van der Waals surface area (Å²) in [7, 11) is 1.80. The van der Waals surface area contributed by atoms with Gasteiger partial charge in [-0.3, -0.25) is 4.79 Å². The maximum Gasteiger partial charge on any atom is 0.257 e. The summed E-state index contributed by atoms with van der Waals surface area (Å²) in [6, 6.07) is 5.49. The van der Waals surface area contributed by atoms with E-state index >= 15 is 0 Å². The lowest BCUT2D eigenvalue weighted by atomic mass is 10.1. The maximum atomic E-state index is 12.1. The molecule has 0 spiro atoms. The van der Waals surface area contributed by atoms with Crippen molar-refractivity contribution in [1.29, 1.82) is 0 Å². The van der Waals surface area contributed by atoms with E-state index in [0.29, 0.717) is 17.9 Å². The van der Waals surface area contributed by atoms with Crippen LogP contribution < -0.4 is 4.74 Å². The molecule has 1 aliphatic rings. The van der Waals surface area contributed by atoms with Gasteiger partial charge in [-0.05, 0) is 32.0 Å². The second kappa shape index (κ2) is 3.77. The molecule has 1 heterocycles. The summed E-state index contributed by atoms with van der Waals surface area (Å²) < 4.78 is 6.79. The number of ether oxygens (including phenoxy) is 1. The van der Waals surface area contributed by atoms with Crippen LogP contribution in [0.2, 0.25) is 0 Å². The Morgan fingerprint density at radius 3 is 2.81 bits per heavy atom. The zero-order valence-corrected chi connectivity index (χ0v) is 11.2. The molecule has 3 nitrogen and oxygen atoms in total. The summed E-state index contributed by atoms with van der Waals surface area (Å²) in [6.45, 7) is 4.54. The summed E-state index contributed by atoms with van der Waals surface area (Å²) in [5.41, 5.74) is 0.257. The van der Waals surface area contributed by atoms with Gasteiger partial charge in [0.1, 0.15) is 11.4 Å². The Hall–Kier alpha value is -1.03. The molecule has 0 saturated heterocycles. The van der Waals surface area contributed by atoms with Crippen molar-refractivity contribution in [2.45, 2.75) is 19.4 Å². The third kappa shape index (κ3) is 2.07. The number of fused-ring (bicyclic) bond motifs is 1. The van der Waals surface area contributed by atoms with Crippen molar-refractivity contribution in [3.63, 3.8) is 0 Å². The van der Waals surface area contributed by atoms with Gasteiger partial charge in [-0.25, -0.2) is 0 Å². The lowest BCUT2D eigenvalue weighted by Crippen LogP contribution is -2.40. The molecule has 0 bridgehead atoms. The number of benzene rings is 1. The van der Waals surface area contributed by atoms with Crippen molar-refractivity contribution in [1.82, 2.24) is 4.90 Å². The molecule has 4 heteroatoms. The van der Waals surface area contributed by atoms with E-state index < -0.39 is 0 Å². The Kier molecular flexibility index (Phi) is 2.70. The number of carbonyl (C=O) groups is 1. The Labute approximate surface area is 104 Å². The predicted octanol–water partition coefficient (Wildman–Crippen LogP) is 2.69. The van der Waals surface area contributed by atoms with Crippen molar-refractivity contribution in [2.75, 3.05) is 13.6 Å². The predicted molar refractivity (Wildman–Crippen MR) is 65.8 cm³/mol. The number of halogens is 1. The quantitative estimate of drug-likeness (QED) is 0.733. The first-order valence-electron chi connectivity index (χ1n) is 5.13. The first-order valence-corrected chi connectivity index (χ1v) is 5.92. The van der Waals surface area contributed by atoms with Crippen LogP contribution in [-0.2, 0) is 0 Å². The van der Waals surface area contributed by atoms with Crippen molar-refractivity contribution in [3.8, 4) is 5.75 Å². The van der Waals surface area contributed by atoms with Gasteiger partial charge in [0.25, 0.3) is 5.91 Å². The molecule has 1 amide bonds. The average molecular weight is 284 g/mol. The number of hydrogen-bond donors (Lipinski definition) is 0. The summed E-state index contributed by atoms with van der Waals surface area (Å²) in [5, 5.41) is 0. The van der Waals surface area contributed by atoms with Crippen LogP contribution >= 0.6 is 15.9 Å². The van der Waals surface area contributed by atoms with Crippen molar-refractivity contribution < 1.29 is 9.53 Å². The third-order valence-corrected chi connectivity index (χ3v) is 3.02. The van der Waals surface area contributed by atoms with Gasteiger partial charge in [-0.15, -0.1) is 0 Å². The maximum absolute atomic E-state index is 12.1. The van der Waals surface area contributed by atoms with E-state index in [-0.39, 0.29) is 11.5 Å². The summed E-state index contributed by atoms with van der Waals surface area (Å²) in [6.07, 6.45) is 0. The van der Waals surface area contributed by atoms with Crippen LogP contribution in [0.5, 0.6) is 5.75 Å². The van der Waals surface area contributed by atoms with Gasteiger partial charge in [0.15, 0.2) is 0 Å². The molecule has 16 heavy (non-hydrogen) atoms. The fraction of sp³-hybridized carbons (Fsp3) is 0.417. The highest BCUT2D eigenvalue weighted by Gasteiger charge is 2.31. The van der Waals surface area contributed by atoms with Crippen LogP contribution in [-0.4, -0.2) is 30.0 Å². The fourth-order valence-electron chi connectivity index (χ4n) is 1.94. The molecule has 0 aromatic heterocycles.